The van der Waals surface area contributed by atoms with Crippen molar-refractivity contribution in [3.63, 3.8) is 0 Å². The Balaban J connectivity index is 1.11. The van der Waals surface area contributed by atoms with Gasteiger partial charge in [0.15, 0.2) is 0 Å². The molecule has 176 valence electrons. The molecule has 0 atom stereocenters. The van der Waals surface area contributed by atoms with E-state index in [1.54, 1.807) is 12.4 Å². The van der Waals surface area contributed by atoms with Gasteiger partial charge in [-0.3, -0.25) is 14.7 Å². The summed E-state index contributed by atoms with van der Waals surface area (Å²) in [4.78, 5) is 30.2. The second kappa shape index (κ2) is 9.85. The summed E-state index contributed by atoms with van der Waals surface area (Å²) >= 11 is 0. The highest BCUT2D eigenvalue weighted by atomic mass is 16.2. The van der Waals surface area contributed by atoms with Crippen molar-refractivity contribution in [2.45, 2.75) is 32.2 Å². The van der Waals surface area contributed by atoms with Crippen molar-refractivity contribution in [1.82, 2.24) is 24.8 Å². The number of fused-ring (bicyclic) bond motifs is 1. The zero-order valence-corrected chi connectivity index (χ0v) is 19.4. The number of anilines is 1. The Morgan fingerprint density at radius 3 is 2.26 bits per heavy atom. The fraction of sp³-hybridized carbons (Fsp3) is 0.423. The van der Waals surface area contributed by atoms with E-state index in [2.05, 4.69) is 25.9 Å². The van der Waals surface area contributed by atoms with E-state index in [0.29, 0.717) is 11.7 Å². The number of amides is 1. The molecule has 0 bridgehead atoms. The van der Waals surface area contributed by atoms with Gasteiger partial charge in [-0.2, -0.15) is 0 Å². The number of nitrogens with one attached hydrogen (secondary N) is 1. The van der Waals surface area contributed by atoms with Crippen molar-refractivity contribution in [2.75, 3.05) is 31.9 Å². The number of hydrogen-bond donors (Lipinski definition) is 2. The van der Waals surface area contributed by atoms with Crippen LogP contribution in [0.4, 0.5) is 5.95 Å². The van der Waals surface area contributed by atoms with Crippen LogP contribution in [0.3, 0.4) is 0 Å². The van der Waals surface area contributed by atoms with Crippen LogP contribution in [0.15, 0.2) is 48.9 Å². The minimum atomic E-state index is 0.0945. The summed E-state index contributed by atoms with van der Waals surface area (Å²) < 4.78 is 0. The largest absolute Gasteiger partial charge is 0.368 e. The van der Waals surface area contributed by atoms with Crippen LogP contribution in [0.2, 0.25) is 0 Å². The molecule has 1 aromatic carbocycles. The number of hydrogen-bond acceptors (Lipinski definition) is 7. The molecule has 0 spiro atoms. The Morgan fingerprint density at radius 2 is 1.56 bits per heavy atom. The molecule has 0 aliphatic carbocycles. The zero-order chi connectivity index (χ0) is 23.5. The number of carbonyl (C=O) groups is 1. The molecule has 34 heavy (non-hydrogen) atoms. The number of rotatable bonds is 5. The van der Waals surface area contributed by atoms with Crippen LogP contribution in [-0.4, -0.2) is 62.5 Å². The van der Waals surface area contributed by atoms with Crippen molar-refractivity contribution >= 4 is 28.3 Å². The topological polar surface area (TPSA) is 112 Å². The van der Waals surface area contributed by atoms with E-state index >= 15 is 0 Å². The van der Waals surface area contributed by atoms with Crippen LogP contribution in [-0.2, 0) is 11.3 Å². The Kier molecular flexibility index (Phi) is 6.49. The van der Waals surface area contributed by atoms with Crippen molar-refractivity contribution < 1.29 is 4.79 Å². The van der Waals surface area contributed by atoms with Gasteiger partial charge in [-0.25, -0.2) is 9.97 Å². The first kappa shape index (κ1) is 22.4. The van der Waals surface area contributed by atoms with Gasteiger partial charge in [0.25, 0.3) is 0 Å². The minimum absolute atomic E-state index is 0.0945. The van der Waals surface area contributed by atoms with Crippen LogP contribution in [0.5, 0.6) is 0 Å². The van der Waals surface area contributed by atoms with E-state index in [0.717, 1.165) is 80.4 Å². The molecule has 2 aliphatic rings. The summed E-state index contributed by atoms with van der Waals surface area (Å²) in [6.45, 7) is 4.04. The number of aromatic nitrogens is 3. The molecule has 8 heteroatoms. The summed E-state index contributed by atoms with van der Waals surface area (Å²) in [7, 11) is 0. The summed E-state index contributed by atoms with van der Waals surface area (Å²) in [5.74, 6) is 0.823. The highest BCUT2D eigenvalue weighted by Gasteiger charge is 2.32. The molecule has 2 aliphatic heterocycles. The fourth-order valence-electron chi connectivity index (χ4n) is 5.13. The highest BCUT2D eigenvalue weighted by molar-refractivity contribution is 6.01. The number of nitrogens with two attached hydrogens (primary N) is 1. The maximum atomic E-state index is 13.2. The van der Waals surface area contributed by atoms with Gasteiger partial charge in [0.2, 0.25) is 11.9 Å². The van der Waals surface area contributed by atoms with Gasteiger partial charge in [0, 0.05) is 61.0 Å². The lowest BCUT2D eigenvalue weighted by Crippen LogP contribution is -2.46. The summed E-state index contributed by atoms with van der Waals surface area (Å²) in [5, 5.41) is 10.9. The predicted molar refractivity (Wildman–Crippen MR) is 132 cm³/mol. The second-order valence-corrected chi connectivity index (χ2v) is 9.43. The lowest BCUT2D eigenvalue weighted by Gasteiger charge is -2.37. The third kappa shape index (κ3) is 4.92. The van der Waals surface area contributed by atoms with Gasteiger partial charge < -0.3 is 16.0 Å². The van der Waals surface area contributed by atoms with Gasteiger partial charge in [-0.15, -0.1) is 0 Å². The third-order valence-electron chi connectivity index (χ3n) is 7.19. The van der Waals surface area contributed by atoms with Crippen molar-refractivity contribution in [2.24, 2.45) is 11.8 Å². The van der Waals surface area contributed by atoms with E-state index in [1.165, 1.54) is 0 Å². The van der Waals surface area contributed by atoms with Crippen LogP contribution < -0.4 is 5.73 Å². The quantitative estimate of drug-likeness (QED) is 0.569. The zero-order valence-electron chi connectivity index (χ0n) is 19.4. The average Bonchev–Trinajstić information content (AvgIpc) is 2.89. The molecule has 0 unspecified atom stereocenters. The first-order chi connectivity index (χ1) is 16.6. The molecule has 2 saturated heterocycles. The fourth-order valence-corrected chi connectivity index (χ4v) is 5.13. The van der Waals surface area contributed by atoms with E-state index in [-0.39, 0.29) is 17.7 Å². The standard InChI is InChI=1S/C26H31N7O/c27-24(23-13-21-3-1-2-4-22(21)16-29-23)19-7-11-33(12-8-19)25(34)20-5-9-32(10-6-20)17-18-14-30-26(28)31-15-18/h1-4,13-16,19-20,27H,5-12,17H2,(H2,28,30,31). The normalized spacial score (nSPS) is 18.3. The molecule has 3 N–H and O–H groups in total. The van der Waals surface area contributed by atoms with E-state index in [1.807, 2.05) is 35.4 Å². The van der Waals surface area contributed by atoms with E-state index in [4.69, 9.17) is 11.1 Å². The highest BCUT2D eigenvalue weighted by Crippen LogP contribution is 2.26. The Labute approximate surface area is 199 Å². The Morgan fingerprint density at radius 1 is 0.912 bits per heavy atom. The van der Waals surface area contributed by atoms with Gasteiger partial charge in [-0.05, 0) is 50.2 Å². The first-order valence-corrected chi connectivity index (χ1v) is 12.1. The molecule has 8 nitrogen and oxygen atoms in total. The lowest BCUT2D eigenvalue weighted by atomic mass is 9.88. The number of benzene rings is 1. The molecule has 2 aromatic heterocycles. The van der Waals surface area contributed by atoms with Gasteiger partial charge in [0.05, 0.1) is 11.4 Å². The van der Waals surface area contributed by atoms with Gasteiger partial charge in [0.1, 0.15) is 0 Å². The smallest absolute Gasteiger partial charge is 0.225 e. The SMILES string of the molecule is N=C(c1cc2ccccc2cn1)C1CCN(C(=O)C2CCN(Cc3cnc(N)nc3)CC2)CC1. The van der Waals surface area contributed by atoms with Crippen LogP contribution >= 0.6 is 0 Å². The number of carbonyl (C=O) groups excluding carboxylic acids is 1. The van der Waals surface area contributed by atoms with Crippen molar-refractivity contribution in [3.05, 3.63) is 60.2 Å². The first-order valence-electron chi connectivity index (χ1n) is 12.1. The van der Waals surface area contributed by atoms with Crippen LogP contribution in [0.25, 0.3) is 10.8 Å². The number of likely N-dealkylation sites (tertiary alicyclic amines) is 2. The number of nitrogen functional groups attached to an aromatic ring is 1. The number of nitrogens with zero attached hydrogens (tertiary/aromatic N) is 5. The summed E-state index contributed by atoms with van der Waals surface area (Å²) in [6.07, 6.45) is 8.81. The van der Waals surface area contributed by atoms with Gasteiger partial charge >= 0.3 is 0 Å². The summed E-state index contributed by atoms with van der Waals surface area (Å²) in [6, 6.07) is 10.1. The lowest BCUT2D eigenvalue weighted by molar-refractivity contribution is -0.138. The Bertz CT molecular complexity index is 1160. The van der Waals surface area contributed by atoms with Crippen LogP contribution in [0.1, 0.15) is 36.9 Å². The molecule has 2 fully saturated rings. The minimum Gasteiger partial charge on any atom is -0.368 e. The summed E-state index contributed by atoms with van der Waals surface area (Å²) in [5.41, 5.74) is 7.96. The molecule has 3 aromatic rings. The van der Waals surface area contributed by atoms with Gasteiger partial charge in [-0.1, -0.05) is 24.3 Å². The number of pyridine rings is 1. The maximum Gasteiger partial charge on any atom is 0.225 e. The molecule has 4 heterocycles. The van der Waals surface area contributed by atoms with E-state index in [9.17, 15) is 4.79 Å². The number of piperidine rings is 2. The molecule has 5 rings (SSSR count). The van der Waals surface area contributed by atoms with Crippen LogP contribution in [0, 0.1) is 17.2 Å². The van der Waals surface area contributed by atoms with Crippen molar-refractivity contribution in [1.29, 1.82) is 5.41 Å². The third-order valence-corrected chi connectivity index (χ3v) is 7.19. The molecule has 0 radical (unpaired) electrons. The monoisotopic (exact) mass is 457 g/mol. The molecule has 1 amide bonds. The second-order valence-electron chi connectivity index (χ2n) is 9.43. The molecular weight excluding hydrogens is 426 g/mol. The van der Waals surface area contributed by atoms with Crippen molar-refractivity contribution in [3.8, 4) is 0 Å². The van der Waals surface area contributed by atoms with E-state index < -0.39 is 0 Å². The Hall–Kier alpha value is -3.39. The molecular formula is C26H31N7O. The predicted octanol–water partition coefficient (Wildman–Crippen LogP) is 3.13. The molecule has 0 saturated carbocycles. The maximum absolute atomic E-state index is 13.2. The average molecular weight is 458 g/mol.